The maximum atomic E-state index is 11.6. The van der Waals surface area contributed by atoms with Crippen LogP contribution in [0, 0.1) is 0 Å². The van der Waals surface area contributed by atoms with Gasteiger partial charge in [-0.1, -0.05) is 18.2 Å². The number of methoxy groups -OCH3 is 1. The molecule has 4 nitrogen and oxygen atoms in total. The number of hydrogen-bond donors (Lipinski definition) is 1. The zero-order valence-corrected chi connectivity index (χ0v) is 10.3. The van der Waals surface area contributed by atoms with Crippen LogP contribution in [0.3, 0.4) is 0 Å². The Morgan fingerprint density at radius 2 is 1.63 bits per heavy atom. The molecule has 0 radical (unpaired) electrons. The molecule has 2 aromatic rings. The number of carbonyl (C=O) groups is 2. The first-order valence-electron chi connectivity index (χ1n) is 5.83. The lowest BCUT2D eigenvalue weighted by Gasteiger charge is -2.05. The second-order valence-electron chi connectivity index (χ2n) is 4.27. The van der Waals surface area contributed by atoms with Crippen LogP contribution in [0.2, 0.25) is 0 Å². The van der Waals surface area contributed by atoms with Crippen LogP contribution in [-0.2, 0) is 4.79 Å². The number of benzene rings is 2. The highest BCUT2D eigenvalue weighted by Gasteiger charge is 2.27. The van der Waals surface area contributed by atoms with Crippen molar-refractivity contribution in [3.63, 3.8) is 0 Å². The van der Waals surface area contributed by atoms with Gasteiger partial charge in [-0.15, -0.1) is 0 Å². The van der Waals surface area contributed by atoms with Crippen molar-refractivity contribution in [1.29, 1.82) is 0 Å². The number of ether oxygens (including phenoxy) is 1. The molecule has 0 unspecified atom stereocenters. The molecule has 3 rings (SSSR count). The van der Waals surface area contributed by atoms with Gasteiger partial charge in [0.15, 0.2) is 0 Å². The lowest BCUT2D eigenvalue weighted by Crippen LogP contribution is -2.12. The normalized spacial score (nSPS) is 13.1. The number of anilines is 1. The Balaban J connectivity index is 2.03. The van der Waals surface area contributed by atoms with Gasteiger partial charge in [-0.25, -0.2) is 0 Å². The zero-order chi connectivity index (χ0) is 13.4. The molecule has 0 aromatic heterocycles. The fourth-order valence-electron chi connectivity index (χ4n) is 2.11. The molecule has 94 valence electrons. The van der Waals surface area contributed by atoms with E-state index in [0.717, 1.165) is 16.9 Å². The molecule has 0 saturated carbocycles. The van der Waals surface area contributed by atoms with E-state index in [2.05, 4.69) is 5.32 Å². The second kappa shape index (κ2) is 4.24. The van der Waals surface area contributed by atoms with E-state index in [-0.39, 0.29) is 0 Å². The molecular weight excluding hydrogens is 242 g/mol. The van der Waals surface area contributed by atoms with Crippen LogP contribution in [0.4, 0.5) is 5.69 Å². The molecule has 1 N–H and O–H groups in total. The Morgan fingerprint density at radius 1 is 0.947 bits per heavy atom. The molecule has 1 amide bonds. The van der Waals surface area contributed by atoms with Gasteiger partial charge in [0.2, 0.25) is 0 Å². The summed E-state index contributed by atoms with van der Waals surface area (Å²) in [6.45, 7) is 0. The number of carbonyl (C=O) groups excluding carboxylic acids is 2. The standard InChI is InChI=1S/C15H11NO3/c1-19-11-5-2-9(3-6-11)10-4-7-13-12(8-10)14(17)15(18)16-13/h2-8H,1H3,(H,16,17,18). The van der Waals surface area contributed by atoms with Crippen molar-refractivity contribution < 1.29 is 14.3 Å². The van der Waals surface area contributed by atoms with Gasteiger partial charge in [0.25, 0.3) is 11.7 Å². The quantitative estimate of drug-likeness (QED) is 0.836. The van der Waals surface area contributed by atoms with E-state index in [0.29, 0.717) is 11.3 Å². The highest BCUT2D eigenvalue weighted by Crippen LogP contribution is 2.29. The predicted molar refractivity (Wildman–Crippen MR) is 71.4 cm³/mol. The average molecular weight is 253 g/mol. The molecule has 1 aliphatic rings. The molecule has 0 spiro atoms. The fraction of sp³-hybridized carbons (Fsp3) is 0.0667. The molecule has 4 heteroatoms. The Hall–Kier alpha value is -2.62. The average Bonchev–Trinajstić information content (AvgIpc) is 2.74. The van der Waals surface area contributed by atoms with Crippen molar-refractivity contribution in [2.45, 2.75) is 0 Å². The number of hydrogen-bond acceptors (Lipinski definition) is 3. The van der Waals surface area contributed by atoms with E-state index >= 15 is 0 Å². The Labute approximate surface area is 110 Å². The second-order valence-corrected chi connectivity index (χ2v) is 4.27. The van der Waals surface area contributed by atoms with Crippen LogP contribution < -0.4 is 10.1 Å². The predicted octanol–water partition coefficient (Wildman–Crippen LogP) is 2.50. The fourth-order valence-corrected chi connectivity index (χ4v) is 2.11. The van der Waals surface area contributed by atoms with Gasteiger partial charge in [-0.05, 0) is 35.4 Å². The minimum Gasteiger partial charge on any atom is -0.497 e. The first kappa shape index (κ1) is 11.5. The molecule has 0 atom stereocenters. The summed E-state index contributed by atoms with van der Waals surface area (Å²) in [5, 5.41) is 2.54. The summed E-state index contributed by atoms with van der Waals surface area (Å²) in [5.41, 5.74) is 2.87. The smallest absolute Gasteiger partial charge is 0.296 e. The van der Waals surface area contributed by atoms with E-state index in [4.69, 9.17) is 4.74 Å². The van der Waals surface area contributed by atoms with Crippen molar-refractivity contribution in [2.75, 3.05) is 12.4 Å². The maximum absolute atomic E-state index is 11.6. The molecule has 0 fully saturated rings. The summed E-state index contributed by atoms with van der Waals surface area (Å²) in [7, 11) is 1.61. The summed E-state index contributed by atoms with van der Waals surface area (Å²) >= 11 is 0. The SMILES string of the molecule is COc1ccc(-c2ccc3c(c2)C(=O)C(=O)N3)cc1. The van der Waals surface area contributed by atoms with E-state index in [1.807, 2.05) is 30.3 Å². The molecule has 2 aromatic carbocycles. The number of nitrogens with one attached hydrogen (secondary N) is 1. The molecule has 19 heavy (non-hydrogen) atoms. The van der Waals surface area contributed by atoms with Crippen LogP contribution in [0.1, 0.15) is 10.4 Å². The lowest BCUT2D eigenvalue weighted by molar-refractivity contribution is -0.112. The van der Waals surface area contributed by atoms with Gasteiger partial charge >= 0.3 is 0 Å². The van der Waals surface area contributed by atoms with Gasteiger partial charge in [-0.3, -0.25) is 9.59 Å². The third kappa shape index (κ3) is 1.87. The summed E-state index contributed by atoms with van der Waals surface area (Å²) in [5.74, 6) is -0.273. The zero-order valence-electron chi connectivity index (χ0n) is 10.3. The molecule has 0 saturated heterocycles. The largest absolute Gasteiger partial charge is 0.497 e. The van der Waals surface area contributed by atoms with Gasteiger partial charge in [0.05, 0.1) is 18.4 Å². The van der Waals surface area contributed by atoms with Gasteiger partial charge in [0.1, 0.15) is 5.75 Å². The van der Waals surface area contributed by atoms with Gasteiger partial charge < -0.3 is 10.1 Å². The van der Waals surface area contributed by atoms with Crippen LogP contribution in [0.15, 0.2) is 42.5 Å². The third-order valence-corrected chi connectivity index (χ3v) is 3.14. The first-order chi connectivity index (χ1) is 9.19. The summed E-state index contributed by atoms with van der Waals surface area (Å²) in [6.07, 6.45) is 0. The highest BCUT2D eigenvalue weighted by atomic mass is 16.5. The van der Waals surface area contributed by atoms with E-state index in [1.165, 1.54) is 0 Å². The first-order valence-corrected chi connectivity index (χ1v) is 5.83. The third-order valence-electron chi connectivity index (χ3n) is 3.14. The van der Waals surface area contributed by atoms with Crippen molar-refractivity contribution in [1.82, 2.24) is 0 Å². The lowest BCUT2D eigenvalue weighted by atomic mass is 10.0. The number of rotatable bonds is 2. The van der Waals surface area contributed by atoms with Gasteiger partial charge in [0, 0.05) is 0 Å². The van der Waals surface area contributed by atoms with E-state index < -0.39 is 11.7 Å². The topological polar surface area (TPSA) is 55.4 Å². The van der Waals surface area contributed by atoms with Crippen LogP contribution in [-0.4, -0.2) is 18.8 Å². The van der Waals surface area contributed by atoms with Crippen molar-refractivity contribution in [2.24, 2.45) is 0 Å². The van der Waals surface area contributed by atoms with Crippen molar-refractivity contribution in [3.05, 3.63) is 48.0 Å². The van der Waals surface area contributed by atoms with E-state index in [1.54, 1.807) is 19.2 Å². The number of ketones is 1. The molecule has 1 heterocycles. The number of fused-ring (bicyclic) bond motifs is 1. The number of Topliss-reactive ketones (excluding diaryl/α,β-unsaturated/α-hetero) is 1. The van der Waals surface area contributed by atoms with Crippen LogP contribution in [0.25, 0.3) is 11.1 Å². The van der Waals surface area contributed by atoms with Gasteiger partial charge in [-0.2, -0.15) is 0 Å². The summed E-state index contributed by atoms with van der Waals surface area (Å²) in [6, 6.07) is 12.9. The molecule has 0 bridgehead atoms. The number of amides is 1. The summed E-state index contributed by atoms with van der Waals surface area (Å²) < 4.78 is 5.10. The Morgan fingerprint density at radius 3 is 2.32 bits per heavy atom. The van der Waals surface area contributed by atoms with Crippen molar-refractivity contribution >= 4 is 17.4 Å². The minimum absolute atomic E-state index is 0.429. The Bertz CT molecular complexity index is 674. The van der Waals surface area contributed by atoms with Crippen molar-refractivity contribution in [3.8, 4) is 16.9 Å². The van der Waals surface area contributed by atoms with Crippen LogP contribution >= 0.6 is 0 Å². The monoisotopic (exact) mass is 253 g/mol. The van der Waals surface area contributed by atoms with Crippen LogP contribution in [0.5, 0.6) is 5.75 Å². The summed E-state index contributed by atoms with van der Waals surface area (Å²) in [4.78, 5) is 22.9. The maximum Gasteiger partial charge on any atom is 0.296 e. The molecular formula is C15H11NO3. The molecule has 0 aliphatic carbocycles. The van der Waals surface area contributed by atoms with E-state index in [9.17, 15) is 9.59 Å². The highest BCUT2D eigenvalue weighted by molar-refractivity contribution is 6.51. The minimum atomic E-state index is -0.568. The Kier molecular flexibility index (Phi) is 2.56. The molecule has 1 aliphatic heterocycles.